The highest BCUT2D eigenvalue weighted by Gasteiger charge is 2.42. The minimum absolute atomic E-state index is 0.199. The van der Waals surface area contributed by atoms with Crippen molar-refractivity contribution in [1.82, 2.24) is 16.0 Å². The molecule has 0 aromatic rings. The van der Waals surface area contributed by atoms with Crippen molar-refractivity contribution in [1.29, 1.82) is 0 Å². The molecule has 1 aliphatic rings. The molecule has 0 radical (unpaired) electrons. The summed E-state index contributed by atoms with van der Waals surface area (Å²) in [5, 5.41) is 8.03. The van der Waals surface area contributed by atoms with Crippen LogP contribution in [-0.2, 0) is 23.7 Å². The predicted molar refractivity (Wildman–Crippen MR) is 163 cm³/mol. The van der Waals surface area contributed by atoms with Gasteiger partial charge in [0, 0.05) is 12.6 Å². The quantitative estimate of drug-likeness (QED) is 0.0563. The van der Waals surface area contributed by atoms with E-state index >= 15 is 0 Å². The van der Waals surface area contributed by atoms with Crippen LogP contribution >= 0.6 is 0 Å². The Morgan fingerprint density at radius 2 is 1.42 bits per heavy atom. The average molecular weight is 652 g/mol. The molecular weight excluding hydrogens is 599 g/mol. The van der Waals surface area contributed by atoms with Gasteiger partial charge in [-0.2, -0.15) is 8.78 Å². The van der Waals surface area contributed by atoms with E-state index < -0.39 is 44.3 Å². The maximum atomic E-state index is 13.5. The van der Waals surface area contributed by atoms with Gasteiger partial charge in [0.25, 0.3) is 0 Å². The fourth-order valence-electron chi connectivity index (χ4n) is 5.36. The van der Waals surface area contributed by atoms with Crippen molar-refractivity contribution in [3.05, 3.63) is 24.5 Å². The Morgan fingerprint density at radius 1 is 0.822 bits per heavy atom. The van der Waals surface area contributed by atoms with E-state index in [1.165, 1.54) is 0 Å². The number of amides is 3. The minimum atomic E-state index is -3.78. The van der Waals surface area contributed by atoms with Crippen LogP contribution in [0.15, 0.2) is 24.5 Å². The molecule has 0 heterocycles. The van der Waals surface area contributed by atoms with Crippen molar-refractivity contribution in [3.8, 4) is 0 Å². The van der Waals surface area contributed by atoms with E-state index in [9.17, 15) is 27.6 Å². The third-order valence-corrected chi connectivity index (χ3v) is 7.07. The molecule has 45 heavy (non-hydrogen) atoms. The first-order valence-corrected chi connectivity index (χ1v) is 15.4. The first-order valence-electron chi connectivity index (χ1n) is 15.4. The number of carbonyl (C=O) groups is 3. The number of rotatable bonds is 21. The molecule has 0 saturated heterocycles. The van der Waals surface area contributed by atoms with Gasteiger partial charge in [-0.15, -0.1) is 0 Å². The zero-order valence-electron chi connectivity index (χ0n) is 27.2. The Hall–Kier alpha value is -3.16. The van der Waals surface area contributed by atoms with Gasteiger partial charge in [-0.1, -0.05) is 53.2 Å². The second-order valence-corrected chi connectivity index (χ2v) is 12.5. The molecule has 2 atom stereocenters. The lowest BCUT2D eigenvalue weighted by Gasteiger charge is -2.46. The van der Waals surface area contributed by atoms with Crippen LogP contribution in [0, 0.1) is 10.8 Å². The molecule has 1 aliphatic carbocycles. The highest BCUT2D eigenvalue weighted by atomic mass is 19.3. The number of halogens is 3. The third-order valence-electron chi connectivity index (χ3n) is 7.07. The van der Waals surface area contributed by atoms with Gasteiger partial charge in [0.2, 0.25) is 0 Å². The number of hydrogen-bond acceptors (Lipinski definition) is 8. The summed E-state index contributed by atoms with van der Waals surface area (Å²) in [6.45, 7) is 13.5. The Bertz CT molecular complexity index is 966. The van der Waals surface area contributed by atoms with Gasteiger partial charge in [-0.05, 0) is 55.4 Å². The topological polar surface area (TPSA) is 133 Å². The summed E-state index contributed by atoms with van der Waals surface area (Å²) in [4.78, 5) is 36.1. The Labute approximate surface area is 265 Å². The van der Waals surface area contributed by atoms with Gasteiger partial charge >= 0.3 is 24.4 Å². The molecule has 0 aromatic carbocycles. The van der Waals surface area contributed by atoms with Crippen LogP contribution in [-0.4, -0.2) is 83.2 Å². The maximum Gasteiger partial charge on any atom is 0.407 e. The highest BCUT2D eigenvalue weighted by Crippen LogP contribution is 2.45. The summed E-state index contributed by atoms with van der Waals surface area (Å²) >= 11 is 0. The molecule has 3 N–H and O–H groups in total. The first-order chi connectivity index (χ1) is 21.1. The number of ether oxygens (including phenoxy) is 5. The van der Waals surface area contributed by atoms with Crippen molar-refractivity contribution >= 4 is 18.3 Å². The van der Waals surface area contributed by atoms with Gasteiger partial charge in [-0.3, -0.25) is 0 Å². The Morgan fingerprint density at radius 3 is 2.02 bits per heavy atom. The zero-order chi connectivity index (χ0) is 33.9. The van der Waals surface area contributed by atoms with Gasteiger partial charge in [0.15, 0.2) is 6.61 Å². The highest BCUT2D eigenvalue weighted by molar-refractivity contribution is 5.68. The molecule has 1 fully saturated rings. The smallest absolute Gasteiger partial charge is 0.407 e. The Balaban J connectivity index is 2.21. The van der Waals surface area contributed by atoms with E-state index in [2.05, 4.69) is 38.6 Å². The van der Waals surface area contributed by atoms with Gasteiger partial charge in [0.1, 0.15) is 19.0 Å². The number of unbranched alkanes of at least 4 members (excludes halogenated alkanes) is 4. The SMILES string of the molecule is C=C(C)C(=C)OCCNC(=O)OCCCCCCCOC(=O)NCC1(C)CC(NC(=O)OCC(F)(F)OCCF)CC(C)(C)C1. The summed E-state index contributed by atoms with van der Waals surface area (Å²) in [6, 6.07) is -0.364. The molecule has 2 unspecified atom stereocenters. The first kappa shape index (κ1) is 39.9. The normalized spacial score (nSPS) is 19.1. The zero-order valence-corrected chi connectivity index (χ0v) is 27.2. The minimum Gasteiger partial charge on any atom is -0.492 e. The molecule has 0 aliphatic heterocycles. The van der Waals surface area contributed by atoms with E-state index in [0.29, 0.717) is 44.7 Å². The molecule has 260 valence electrons. The molecule has 0 aromatic heterocycles. The molecule has 11 nitrogen and oxygen atoms in total. The van der Waals surface area contributed by atoms with Crippen molar-refractivity contribution in [2.45, 2.75) is 91.2 Å². The second-order valence-electron chi connectivity index (χ2n) is 12.5. The lowest BCUT2D eigenvalue weighted by atomic mass is 9.62. The summed E-state index contributed by atoms with van der Waals surface area (Å²) in [6.07, 6.45) is 0.0604. The van der Waals surface area contributed by atoms with E-state index in [1.54, 1.807) is 6.92 Å². The van der Waals surface area contributed by atoms with Gasteiger partial charge < -0.3 is 39.6 Å². The second kappa shape index (κ2) is 20.1. The summed E-state index contributed by atoms with van der Waals surface area (Å²) in [7, 11) is 0. The number of carbonyl (C=O) groups excluding carboxylic acids is 3. The molecule has 0 bridgehead atoms. The summed E-state index contributed by atoms with van der Waals surface area (Å²) in [5.74, 6) is 0.483. The van der Waals surface area contributed by atoms with Crippen LogP contribution in [0.1, 0.15) is 79.1 Å². The molecule has 0 spiro atoms. The van der Waals surface area contributed by atoms with Gasteiger partial charge in [-0.25, -0.2) is 18.8 Å². The van der Waals surface area contributed by atoms with Crippen LogP contribution in [0.2, 0.25) is 0 Å². The fourth-order valence-corrected chi connectivity index (χ4v) is 5.36. The molecule has 1 saturated carbocycles. The number of alkyl carbamates (subject to hydrolysis) is 3. The Kier molecular flexibility index (Phi) is 17.8. The monoisotopic (exact) mass is 651 g/mol. The summed E-state index contributed by atoms with van der Waals surface area (Å²) in [5.41, 5.74) is 0.139. The largest absolute Gasteiger partial charge is 0.492 e. The van der Waals surface area contributed by atoms with Crippen LogP contribution in [0.5, 0.6) is 0 Å². The standard InChI is InChI=1S/C31H52F3N3O8/c1-23(2)24(3)41-17-13-35-26(38)42-14-10-8-7-9-11-15-43-27(39)36-21-30(6)19-25(18-29(4,5)20-30)37-28(40)44-22-31(33,34)45-16-12-32/h25H,1,3,7-22H2,2,4-6H3,(H,35,38)(H,36,39)(H,37,40). The molecule has 3 amide bonds. The number of alkyl halides is 3. The lowest BCUT2D eigenvalue weighted by molar-refractivity contribution is -0.257. The van der Waals surface area contributed by atoms with Crippen molar-refractivity contribution < 1.29 is 51.2 Å². The molecule has 14 heteroatoms. The van der Waals surface area contributed by atoms with E-state index in [1.807, 2.05) is 20.8 Å². The van der Waals surface area contributed by atoms with Crippen molar-refractivity contribution in [2.75, 3.05) is 52.8 Å². The number of nitrogens with one attached hydrogen (secondary N) is 3. The fraction of sp³-hybridized carbons (Fsp3) is 0.774. The number of hydrogen-bond donors (Lipinski definition) is 3. The van der Waals surface area contributed by atoms with Crippen LogP contribution in [0.4, 0.5) is 27.6 Å². The van der Waals surface area contributed by atoms with E-state index in [4.69, 9.17) is 14.2 Å². The maximum absolute atomic E-state index is 13.5. The van der Waals surface area contributed by atoms with Crippen molar-refractivity contribution in [2.24, 2.45) is 10.8 Å². The van der Waals surface area contributed by atoms with Crippen LogP contribution in [0.3, 0.4) is 0 Å². The van der Waals surface area contributed by atoms with Gasteiger partial charge in [0.05, 0.1) is 26.4 Å². The van der Waals surface area contributed by atoms with E-state index in [-0.39, 0.29) is 30.1 Å². The number of allylic oxidation sites excluding steroid dienone is 1. The third kappa shape index (κ3) is 19.1. The van der Waals surface area contributed by atoms with Crippen LogP contribution < -0.4 is 16.0 Å². The van der Waals surface area contributed by atoms with Crippen LogP contribution in [0.25, 0.3) is 0 Å². The van der Waals surface area contributed by atoms with Crippen molar-refractivity contribution in [3.63, 3.8) is 0 Å². The average Bonchev–Trinajstić information content (AvgIpc) is 2.94. The molecule has 1 rings (SSSR count). The predicted octanol–water partition coefficient (Wildman–Crippen LogP) is 6.39. The summed E-state index contributed by atoms with van der Waals surface area (Å²) < 4.78 is 63.4. The lowest BCUT2D eigenvalue weighted by Crippen LogP contribution is -2.50. The van der Waals surface area contributed by atoms with E-state index in [0.717, 1.165) is 37.7 Å². The molecular formula is C31H52F3N3O8.